The predicted molar refractivity (Wildman–Crippen MR) is 61.4 cm³/mol. The summed E-state index contributed by atoms with van der Waals surface area (Å²) >= 11 is 0. The number of halogens is 2. The van der Waals surface area contributed by atoms with Crippen molar-refractivity contribution in [1.82, 2.24) is 9.97 Å². The Bertz CT molecular complexity index is 527. The van der Waals surface area contributed by atoms with Gasteiger partial charge in [-0.1, -0.05) is 13.3 Å². The first kappa shape index (κ1) is 11.6. The van der Waals surface area contributed by atoms with Crippen LogP contribution in [-0.4, -0.2) is 9.97 Å². The second kappa shape index (κ2) is 4.99. The summed E-state index contributed by atoms with van der Waals surface area (Å²) in [5.41, 5.74) is 1.80. The van der Waals surface area contributed by atoms with Crippen LogP contribution in [0.15, 0.2) is 30.5 Å². The molecule has 0 radical (unpaired) electrons. The molecule has 0 atom stereocenters. The minimum absolute atomic E-state index is 0.226. The molecule has 0 saturated heterocycles. The predicted octanol–water partition coefficient (Wildman–Crippen LogP) is 3.37. The Kier molecular flexibility index (Phi) is 3.42. The van der Waals surface area contributed by atoms with Crippen LogP contribution < -0.4 is 0 Å². The van der Waals surface area contributed by atoms with Crippen LogP contribution in [0, 0.1) is 11.9 Å². The number of hydrogen-bond donors (Lipinski definition) is 0. The highest BCUT2D eigenvalue weighted by Crippen LogP contribution is 2.20. The quantitative estimate of drug-likeness (QED) is 0.761. The summed E-state index contributed by atoms with van der Waals surface area (Å²) in [4.78, 5) is 7.23. The van der Waals surface area contributed by atoms with E-state index in [0.29, 0.717) is 5.69 Å². The monoisotopic (exact) mass is 234 g/mol. The maximum atomic E-state index is 13.5. The van der Waals surface area contributed by atoms with Gasteiger partial charge in [-0.15, -0.1) is 0 Å². The van der Waals surface area contributed by atoms with Crippen LogP contribution in [-0.2, 0) is 6.42 Å². The van der Waals surface area contributed by atoms with Crippen LogP contribution >= 0.6 is 0 Å². The van der Waals surface area contributed by atoms with Crippen molar-refractivity contribution in [3.05, 3.63) is 47.9 Å². The normalized spacial score (nSPS) is 10.5. The number of pyridine rings is 2. The van der Waals surface area contributed by atoms with Crippen molar-refractivity contribution in [1.29, 1.82) is 0 Å². The van der Waals surface area contributed by atoms with Crippen LogP contribution in [0.3, 0.4) is 0 Å². The number of aromatic nitrogens is 2. The van der Waals surface area contributed by atoms with Gasteiger partial charge in [0.1, 0.15) is 0 Å². The number of hydrogen-bond acceptors (Lipinski definition) is 2. The third-order valence-corrected chi connectivity index (χ3v) is 2.45. The molecular weight excluding hydrogens is 222 g/mol. The lowest BCUT2D eigenvalue weighted by Crippen LogP contribution is -1.95. The lowest BCUT2D eigenvalue weighted by Gasteiger charge is -2.04. The maximum Gasteiger partial charge on any atom is 0.224 e. The summed E-state index contributed by atoms with van der Waals surface area (Å²) in [5.74, 6) is -1.65. The summed E-state index contributed by atoms with van der Waals surface area (Å²) in [7, 11) is 0. The molecule has 2 aromatic rings. The number of aryl methyl sites for hydroxylation is 1. The number of rotatable bonds is 3. The van der Waals surface area contributed by atoms with Crippen molar-refractivity contribution in [2.45, 2.75) is 19.8 Å². The van der Waals surface area contributed by atoms with Gasteiger partial charge in [0.15, 0.2) is 0 Å². The summed E-state index contributed by atoms with van der Waals surface area (Å²) in [6, 6.07) is 6.19. The zero-order chi connectivity index (χ0) is 12.3. The molecule has 0 aliphatic rings. The van der Waals surface area contributed by atoms with Gasteiger partial charge in [0.2, 0.25) is 11.9 Å². The van der Waals surface area contributed by atoms with Crippen molar-refractivity contribution >= 4 is 0 Å². The maximum absolute atomic E-state index is 13.5. The molecule has 88 valence electrons. The van der Waals surface area contributed by atoms with Gasteiger partial charge in [-0.3, -0.25) is 4.98 Å². The molecule has 0 aliphatic carbocycles. The second-order valence-electron chi connectivity index (χ2n) is 3.77. The zero-order valence-electron chi connectivity index (χ0n) is 9.45. The molecule has 2 nitrogen and oxygen atoms in total. The first-order valence-electron chi connectivity index (χ1n) is 5.48. The average molecular weight is 234 g/mol. The molecule has 0 fully saturated rings. The fourth-order valence-electron chi connectivity index (χ4n) is 1.67. The van der Waals surface area contributed by atoms with Gasteiger partial charge in [0.05, 0.1) is 11.3 Å². The Balaban J connectivity index is 2.42. The molecule has 17 heavy (non-hydrogen) atoms. The first-order chi connectivity index (χ1) is 8.20. The summed E-state index contributed by atoms with van der Waals surface area (Å²) < 4.78 is 26.2. The van der Waals surface area contributed by atoms with Crippen molar-refractivity contribution in [2.24, 2.45) is 0 Å². The highest BCUT2D eigenvalue weighted by Gasteiger charge is 2.09. The van der Waals surface area contributed by atoms with Crippen LogP contribution in [0.5, 0.6) is 0 Å². The zero-order valence-corrected chi connectivity index (χ0v) is 9.45. The van der Waals surface area contributed by atoms with E-state index < -0.39 is 11.9 Å². The van der Waals surface area contributed by atoms with E-state index in [1.165, 1.54) is 6.07 Å². The van der Waals surface area contributed by atoms with Gasteiger partial charge < -0.3 is 0 Å². The Morgan fingerprint density at radius 1 is 1.18 bits per heavy atom. The van der Waals surface area contributed by atoms with E-state index in [0.717, 1.165) is 24.5 Å². The van der Waals surface area contributed by atoms with E-state index in [1.807, 2.05) is 12.1 Å². The summed E-state index contributed by atoms with van der Waals surface area (Å²) in [6.07, 6.45) is 3.54. The Morgan fingerprint density at radius 2 is 2.00 bits per heavy atom. The highest BCUT2D eigenvalue weighted by atomic mass is 19.1. The largest absolute Gasteiger partial charge is 0.256 e. The van der Waals surface area contributed by atoms with Gasteiger partial charge in [0.25, 0.3) is 0 Å². The molecule has 0 bridgehead atoms. The fourth-order valence-corrected chi connectivity index (χ4v) is 1.67. The van der Waals surface area contributed by atoms with Gasteiger partial charge in [-0.05, 0) is 36.2 Å². The van der Waals surface area contributed by atoms with E-state index in [4.69, 9.17) is 0 Å². The van der Waals surface area contributed by atoms with E-state index in [1.54, 1.807) is 6.20 Å². The Morgan fingerprint density at radius 3 is 2.71 bits per heavy atom. The molecule has 0 aliphatic heterocycles. The minimum Gasteiger partial charge on any atom is -0.256 e. The van der Waals surface area contributed by atoms with E-state index in [-0.39, 0.29) is 5.56 Å². The SMILES string of the molecule is CCCc1ccnc(-c2ccc(F)nc2F)c1. The van der Waals surface area contributed by atoms with E-state index >= 15 is 0 Å². The molecule has 0 amide bonds. The van der Waals surface area contributed by atoms with E-state index in [2.05, 4.69) is 16.9 Å². The van der Waals surface area contributed by atoms with Crippen molar-refractivity contribution in [3.63, 3.8) is 0 Å². The molecule has 0 unspecified atom stereocenters. The van der Waals surface area contributed by atoms with Crippen molar-refractivity contribution in [3.8, 4) is 11.3 Å². The lowest BCUT2D eigenvalue weighted by molar-refractivity contribution is 0.515. The molecule has 2 heterocycles. The van der Waals surface area contributed by atoms with Gasteiger partial charge in [0, 0.05) is 6.20 Å². The fraction of sp³-hybridized carbons (Fsp3) is 0.231. The average Bonchev–Trinajstić information content (AvgIpc) is 2.29. The lowest BCUT2D eigenvalue weighted by atomic mass is 10.1. The Labute approximate surface area is 98.4 Å². The van der Waals surface area contributed by atoms with Crippen molar-refractivity contribution in [2.75, 3.05) is 0 Å². The Hall–Kier alpha value is -1.84. The van der Waals surface area contributed by atoms with E-state index in [9.17, 15) is 8.78 Å². The molecule has 0 spiro atoms. The van der Waals surface area contributed by atoms with Crippen LogP contribution in [0.1, 0.15) is 18.9 Å². The van der Waals surface area contributed by atoms with Crippen LogP contribution in [0.25, 0.3) is 11.3 Å². The molecule has 0 aromatic carbocycles. The molecule has 0 N–H and O–H groups in total. The van der Waals surface area contributed by atoms with Crippen molar-refractivity contribution < 1.29 is 8.78 Å². The third-order valence-electron chi connectivity index (χ3n) is 2.45. The first-order valence-corrected chi connectivity index (χ1v) is 5.48. The van der Waals surface area contributed by atoms with Gasteiger partial charge in [-0.25, -0.2) is 0 Å². The molecule has 0 saturated carbocycles. The summed E-state index contributed by atoms with van der Waals surface area (Å²) in [6.45, 7) is 2.07. The second-order valence-corrected chi connectivity index (χ2v) is 3.77. The van der Waals surface area contributed by atoms with Crippen LogP contribution in [0.4, 0.5) is 8.78 Å². The third kappa shape index (κ3) is 2.64. The minimum atomic E-state index is -0.828. The molecular formula is C13H12F2N2. The summed E-state index contributed by atoms with van der Waals surface area (Å²) in [5, 5.41) is 0. The molecule has 4 heteroatoms. The molecule has 2 aromatic heterocycles. The van der Waals surface area contributed by atoms with Gasteiger partial charge >= 0.3 is 0 Å². The standard InChI is InChI=1S/C13H12F2N2/c1-2-3-9-6-7-16-11(8-9)10-4-5-12(14)17-13(10)15/h4-8H,2-3H2,1H3. The topological polar surface area (TPSA) is 25.8 Å². The van der Waals surface area contributed by atoms with Crippen LogP contribution in [0.2, 0.25) is 0 Å². The van der Waals surface area contributed by atoms with Gasteiger partial charge in [-0.2, -0.15) is 13.8 Å². The number of nitrogens with zero attached hydrogens (tertiary/aromatic N) is 2. The molecule has 2 rings (SSSR count). The highest BCUT2D eigenvalue weighted by molar-refractivity contribution is 5.59. The smallest absolute Gasteiger partial charge is 0.224 e.